The van der Waals surface area contributed by atoms with Crippen molar-refractivity contribution in [3.05, 3.63) is 59.2 Å². The van der Waals surface area contributed by atoms with Gasteiger partial charge in [0, 0.05) is 18.0 Å². The van der Waals surface area contributed by atoms with Gasteiger partial charge < -0.3 is 10.1 Å². The van der Waals surface area contributed by atoms with E-state index >= 15 is 0 Å². The number of likely N-dealkylation sites (tertiary alicyclic amines) is 1. The van der Waals surface area contributed by atoms with Crippen LogP contribution >= 0.6 is 0 Å². The number of amides is 1. The smallest absolute Gasteiger partial charge is 0.408 e. The molecule has 0 bridgehead atoms. The largest absolute Gasteiger partial charge is 0.444 e. The number of carbonyl (C=O) groups excluding carboxylic acids is 1. The van der Waals surface area contributed by atoms with Crippen LogP contribution in [-0.4, -0.2) is 40.2 Å². The summed E-state index contributed by atoms with van der Waals surface area (Å²) in [6, 6.07) is 8.43. The van der Waals surface area contributed by atoms with Crippen molar-refractivity contribution >= 4 is 6.09 Å². The molecule has 2 atom stereocenters. The molecule has 31 heavy (non-hydrogen) atoms. The number of rotatable bonds is 3. The molecule has 2 aromatic heterocycles. The first-order valence-corrected chi connectivity index (χ1v) is 10.8. The third-order valence-electron chi connectivity index (χ3n) is 5.40. The van der Waals surface area contributed by atoms with Crippen LogP contribution in [0.2, 0.25) is 0 Å². The zero-order valence-electron chi connectivity index (χ0n) is 19.1. The quantitative estimate of drug-likeness (QED) is 0.738. The number of piperidine rings is 1. The van der Waals surface area contributed by atoms with Gasteiger partial charge in [0.2, 0.25) is 0 Å². The zero-order chi connectivity index (χ0) is 22.4. The minimum absolute atomic E-state index is 0.171. The van der Waals surface area contributed by atoms with Crippen LogP contribution in [-0.2, 0) is 4.74 Å². The lowest BCUT2D eigenvalue weighted by Crippen LogP contribution is -2.34. The Kier molecular flexibility index (Phi) is 7.29. The maximum Gasteiger partial charge on any atom is 0.408 e. The average molecular weight is 421 g/mol. The molecule has 0 unspecified atom stereocenters. The lowest BCUT2D eigenvalue weighted by atomic mass is 9.89. The third-order valence-corrected chi connectivity index (χ3v) is 5.40. The topological polar surface area (TPSA) is 67.3 Å². The van der Waals surface area contributed by atoms with E-state index in [9.17, 15) is 4.79 Å². The van der Waals surface area contributed by atoms with Gasteiger partial charge in [0.1, 0.15) is 5.60 Å². The van der Waals surface area contributed by atoms with Crippen LogP contribution in [0.1, 0.15) is 74.6 Å². The molecule has 1 N–H and O–H groups in total. The zero-order valence-corrected chi connectivity index (χ0v) is 19.1. The predicted octanol–water partition coefficient (Wildman–Crippen LogP) is 4.56. The number of nitrogens with one attached hydrogen (secondary N) is 1. The monoisotopic (exact) mass is 420 g/mol. The second-order valence-electron chi connectivity index (χ2n) is 8.93. The summed E-state index contributed by atoms with van der Waals surface area (Å²) in [7, 11) is 2.15. The Morgan fingerprint density at radius 3 is 2.48 bits per heavy atom. The average Bonchev–Trinajstić information content (AvgIpc) is 2.71. The highest BCUT2D eigenvalue weighted by Crippen LogP contribution is 2.40. The van der Waals surface area contributed by atoms with E-state index in [1.165, 1.54) is 5.56 Å². The van der Waals surface area contributed by atoms with Crippen LogP contribution < -0.4 is 5.32 Å². The van der Waals surface area contributed by atoms with Crippen LogP contribution in [0, 0.1) is 18.8 Å². The molecule has 0 aliphatic carbocycles. The number of hydrogen-bond donors (Lipinski definition) is 1. The minimum Gasteiger partial charge on any atom is -0.444 e. The normalized spacial score (nSPS) is 19.3. The van der Waals surface area contributed by atoms with Gasteiger partial charge in [0.25, 0.3) is 0 Å². The molecule has 6 nitrogen and oxygen atoms in total. The molecule has 3 heterocycles. The van der Waals surface area contributed by atoms with E-state index in [0.717, 1.165) is 36.2 Å². The van der Waals surface area contributed by atoms with Gasteiger partial charge in [0.15, 0.2) is 0 Å². The van der Waals surface area contributed by atoms with Gasteiger partial charge in [-0.15, -0.1) is 0 Å². The number of aryl methyl sites for hydroxylation is 1. The van der Waals surface area contributed by atoms with E-state index in [1.54, 1.807) is 0 Å². The summed E-state index contributed by atoms with van der Waals surface area (Å²) in [5.41, 5.74) is 3.70. The van der Waals surface area contributed by atoms with Crippen molar-refractivity contribution in [2.75, 3.05) is 13.6 Å². The molecule has 164 valence electrons. The second kappa shape index (κ2) is 9.93. The van der Waals surface area contributed by atoms with E-state index < -0.39 is 11.7 Å². The fraction of sp³-hybridized carbons (Fsp3) is 0.480. The molecule has 1 amide bonds. The number of carbonyl (C=O) groups is 1. The summed E-state index contributed by atoms with van der Waals surface area (Å²) in [5.74, 6) is 6.22. The van der Waals surface area contributed by atoms with Gasteiger partial charge in [-0.2, -0.15) is 0 Å². The Balaban J connectivity index is 1.74. The number of nitrogens with zero attached hydrogens (tertiary/aromatic N) is 3. The number of hydrogen-bond acceptors (Lipinski definition) is 5. The van der Waals surface area contributed by atoms with Crippen molar-refractivity contribution in [3.8, 4) is 11.8 Å². The maximum atomic E-state index is 11.8. The van der Waals surface area contributed by atoms with E-state index in [-0.39, 0.29) is 18.6 Å². The molecule has 2 aromatic rings. The molecule has 1 fully saturated rings. The van der Waals surface area contributed by atoms with Crippen molar-refractivity contribution < 1.29 is 9.53 Å². The fourth-order valence-electron chi connectivity index (χ4n) is 3.99. The van der Waals surface area contributed by atoms with Crippen molar-refractivity contribution in [1.29, 1.82) is 0 Å². The van der Waals surface area contributed by atoms with E-state index in [2.05, 4.69) is 52.1 Å². The lowest BCUT2D eigenvalue weighted by molar-refractivity contribution is 0.0535. The summed E-state index contributed by atoms with van der Waals surface area (Å²) in [6.07, 6.45) is 6.45. The molecule has 0 saturated carbocycles. The van der Waals surface area contributed by atoms with E-state index in [4.69, 9.17) is 4.74 Å². The molecule has 3 rings (SSSR count). The molecule has 0 radical (unpaired) electrons. The van der Waals surface area contributed by atoms with Crippen molar-refractivity contribution in [1.82, 2.24) is 20.2 Å². The van der Waals surface area contributed by atoms with Gasteiger partial charge >= 0.3 is 6.09 Å². The van der Waals surface area contributed by atoms with Crippen molar-refractivity contribution in [2.45, 2.75) is 64.6 Å². The fourth-order valence-corrected chi connectivity index (χ4v) is 3.99. The van der Waals surface area contributed by atoms with Crippen LogP contribution in [0.5, 0.6) is 0 Å². The standard InChI is InChI=1S/C25H32N4O2/c1-18-10-7-15-26-22(18)20-13-6-14-21(29(20)5)23-19(11-8-16-27-23)12-9-17-28-24(30)31-25(2,3)4/h7-8,10-11,15-16,20-21H,6,13-14,17H2,1-5H3,(H,28,30)/t20-,21+/m0/s1. The predicted molar refractivity (Wildman–Crippen MR) is 121 cm³/mol. The van der Waals surface area contributed by atoms with Crippen LogP contribution in [0.3, 0.4) is 0 Å². The van der Waals surface area contributed by atoms with E-state index in [1.807, 2.05) is 51.4 Å². The van der Waals surface area contributed by atoms with Crippen molar-refractivity contribution in [3.63, 3.8) is 0 Å². The van der Waals surface area contributed by atoms with Crippen LogP contribution in [0.4, 0.5) is 4.79 Å². The second-order valence-corrected chi connectivity index (χ2v) is 8.93. The van der Waals surface area contributed by atoms with Gasteiger partial charge in [-0.1, -0.05) is 17.9 Å². The number of aromatic nitrogens is 2. The Morgan fingerprint density at radius 1 is 1.16 bits per heavy atom. The molecule has 0 spiro atoms. The third kappa shape index (κ3) is 6.05. The molecule has 1 saturated heterocycles. The first-order chi connectivity index (χ1) is 14.8. The van der Waals surface area contributed by atoms with Gasteiger partial charge in [-0.05, 0) is 77.8 Å². The SMILES string of the molecule is Cc1cccnc1[C@@H]1CCC[C@H](c2ncccc2C#CCNC(=O)OC(C)(C)C)N1C. The summed E-state index contributed by atoms with van der Waals surface area (Å²) in [4.78, 5) is 23.5. The Morgan fingerprint density at radius 2 is 1.81 bits per heavy atom. The minimum atomic E-state index is -0.526. The Bertz CT molecular complexity index is 971. The molecular formula is C25H32N4O2. The highest BCUT2D eigenvalue weighted by molar-refractivity contribution is 5.68. The summed E-state index contributed by atoms with van der Waals surface area (Å²) in [6.45, 7) is 7.84. The van der Waals surface area contributed by atoms with E-state index in [0.29, 0.717) is 0 Å². The summed E-state index contributed by atoms with van der Waals surface area (Å²) < 4.78 is 5.24. The van der Waals surface area contributed by atoms with Crippen LogP contribution in [0.25, 0.3) is 0 Å². The first kappa shape index (κ1) is 22.8. The van der Waals surface area contributed by atoms with Gasteiger partial charge in [0.05, 0.1) is 30.0 Å². The number of ether oxygens (including phenoxy) is 1. The number of pyridine rings is 2. The number of alkyl carbamates (subject to hydrolysis) is 1. The molecule has 6 heteroatoms. The first-order valence-electron chi connectivity index (χ1n) is 10.8. The highest BCUT2D eigenvalue weighted by atomic mass is 16.6. The van der Waals surface area contributed by atoms with Gasteiger partial charge in [-0.3, -0.25) is 14.9 Å². The van der Waals surface area contributed by atoms with Gasteiger partial charge in [-0.25, -0.2) is 4.79 Å². The summed E-state index contributed by atoms with van der Waals surface area (Å²) >= 11 is 0. The Hall–Kier alpha value is -2.91. The molecular weight excluding hydrogens is 388 g/mol. The van der Waals surface area contributed by atoms with Crippen LogP contribution in [0.15, 0.2) is 36.7 Å². The molecule has 1 aliphatic heterocycles. The summed E-state index contributed by atoms with van der Waals surface area (Å²) in [5, 5.41) is 2.68. The lowest BCUT2D eigenvalue weighted by Gasteiger charge is -2.39. The highest BCUT2D eigenvalue weighted by Gasteiger charge is 2.32. The van der Waals surface area contributed by atoms with Crippen molar-refractivity contribution in [2.24, 2.45) is 0 Å². The molecule has 1 aliphatic rings. The molecule has 0 aromatic carbocycles. The maximum absolute atomic E-state index is 11.8. The Labute approximate surface area is 185 Å².